The summed E-state index contributed by atoms with van der Waals surface area (Å²) in [6.45, 7) is 0.262. The Bertz CT molecular complexity index is 550. The predicted molar refractivity (Wildman–Crippen MR) is 66.4 cm³/mol. The Hall–Kier alpha value is -1.22. The standard InChI is InChI=1S/C11H15FN2O4S/c12-8-3-9(13)5-10(4-8)19(16,17)14-6-11(15)1-2-18-7-11/h3-5,14-15H,1-2,6-7,13H2. The minimum atomic E-state index is -3.92. The number of sulfonamides is 1. The van der Waals surface area contributed by atoms with Gasteiger partial charge in [0, 0.05) is 25.3 Å². The molecule has 0 radical (unpaired) electrons. The van der Waals surface area contributed by atoms with E-state index < -0.39 is 21.4 Å². The predicted octanol–water partition coefficient (Wildman–Crippen LogP) is -0.162. The minimum absolute atomic E-state index is 0.0169. The molecule has 1 aliphatic rings. The molecule has 1 aromatic carbocycles. The summed E-state index contributed by atoms with van der Waals surface area (Å²) in [7, 11) is -3.92. The lowest BCUT2D eigenvalue weighted by molar-refractivity contribution is 0.0314. The number of hydrogen-bond donors (Lipinski definition) is 3. The van der Waals surface area contributed by atoms with E-state index in [4.69, 9.17) is 10.5 Å². The topological polar surface area (TPSA) is 102 Å². The fraction of sp³-hybridized carbons (Fsp3) is 0.455. The van der Waals surface area contributed by atoms with Crippen LogP contribution in [0.4, 0.5) is 10.1 Å². The van der Waals surface area contributed by atoms with E-state index in [0.717, 1.165) is 18.2 Å². The number of nitrogens with two attached hydrogens (primary N) is 1. The van der Waals surface area contributed by atoms with Gasteiger partial charge in [-0.05, 0) is 18.2 Å². The summed E-state index contributed by atoms with van der Waals surface area (Å²) in [6.07, 6.45) is 0.348. The Morgan fingerprint density at radius 3 is 2.79 bits per heavy atom. The molecule has 1 atom stereocenters. The van der Waals surface area contributed by atoms with Crippen LogP contribution in [0.15, 0.2) is 23.1 Å². The van der Waals surface area contributed by atoms with Crippen LogP contribution in [0.25, 0.3) is 0 Å². The van der Waals surface area contributed by atoms with Gasteiger partial charge in [-0.1, -0.05) is 0 Å². The molecule has 1 aliphatic heterocycles. The Morgan fingerprint density at radius 1 is 1.47 bits per heavy atom. The molecule has 0 aliphatic carbocycles. The molecule has 0 aromatic heterocycles. The van der Waals surface area contributed by atoms with Crippen LogP contribution in [0.1, 0.15) is 6.42 Å². The molecule has 1 heterocycles. The van der Waals surface area contributed by atoms with Gasteiger partial charge in [0.05, 0.1) is 11.5 Å². The van der Waals surface area contributed by atoms with E-state index in [2.05, 4.69) is 4.72 Å². The number of benzene rings is 1. The molecule has 0 amide bonds. The molecule has 1 unspecified atom stereocenters. The SMILES string of the molecule is Nc1cc(F)cc(S(=O)(=O)NCC2(O)CCOC2)c1. The first-order valence-corrected chi connectivity index (χ1v) is 7.15. The fourth-order valence-electron chi connectivity index (χ4n) is 1.79. The number of rotatable bonds is 4. The van der Waals surface area contributed by atoms with E-state index in [1.165, 1.54) is 0 Å². The van der Waals surface area contributed by atoms with Crippen molar-refractivity contribution in [3.05, 3.63) is 24.0 Å². The Morgan fingerprint density at radius 2 is 2.21 bits per heavy atom. The van der Waals surface area contributed by atoms with Gasteiger partial charge in [-0.2, -0.15) is 0 Å². The molecule has 0 saturated carbocycles. The molecule has 2 rings (SSSR count). The summed E-state index contributed by atoms with van der Waals surface area (Å²) in [5.74, 6) is -0.733. The number of ether oxygens (including phenoxy) is 1. The quantitative estimate of drug-likeness (QED) is 0.669. The summed E-state index contributed by atoms with van der Waals surface area (Å²) in [6, 6.07) is 3.05. The molecule has 8 heteroatoms. The van der Waals surface area contributed by atoms with Crippen molar-refractivity contribution in [3.8, 4) is 0 Å². The number of anilines is 1. The zero-order valence-electron chi connectivity index (χ0n) is 10.1. The third-order valence-corrected chi connectivity index (χ3v) is 4.26. The van der Waals surface area contributed by atoms with Crippen LogP contribution in [0.2, 0.25) is 0 Å². The van der Waals surface area contributed by atoms with E-state index in [1.54, 1.807) is 0 Å². The lowest BCUT2D eigenvalue weighted by Gasteiger charge is -2.20. The number of hydrogen-bond acceptors (Lipinski definition) is 5. The Balaban J connectivity index is 2.13. The van der Waals surface area contributed by atoms with Crippen molar-refractivity contribution in [2.24, 2.45) is 0 Å². The van der Waals surface area contributed by atoms with E-state index in [-0.39, 0.29) is 23.7 Å². The minimum Gasteiger partial charge on any atom is -0.399 e. The van der Waals surface area contributed by atoms with Gasteiger partial charge in [0.1, 0.15) is 11.4 Å². The number of nitrogens with one attached hydrogen (secondary N) is 1. The van der Waals surface area contributed by atoms with Crippen LogP contribution in [-0.2, 0) is 14.8 Å². The second-order valence-corrected chi connectivity index (χ2v) is 6.34. The van der Waals surface area contributed by atoms with Gasteiger partial charge in [-0.15, -0.1) is 0 Å². The van der Waals surface area contributed by atoms with Crippen molar-refractivity contribution in [1.82, 2.24) is 4.72 Å². The first kappa shape index (κ1) is 14.2. The van der Waals surface area contributed by atoms with Gasteiger partial charge in [0.15, 0.2) is 0 Å². The molecule has 1 fully saturated rings. The molecule has 1 aromatic rings. The molecular formula is C11H15FN2O4S. The maximum atomic E-state index is 13.1. The average molecular weight is 290 g/mol. The van der Waals surface area contributed by atoms with Crippen LogP contribution in [-0.4, -0.2) is 38.9 Å². The second-order valence-electron chi connectivity index (χ2n) is 4.57. The lowest BCUT2D eigenvalue weighted by Crippen LogP contribution is -2.43. The third-order valence-electron chi connectivity index (χ3n) is 2.88. The summed E-state index contributed by atoms with van der Waals surface area (Å²) in [5, 5.41) is 9.96. The Labute approximate surface area is 110 Å². The van der Waals surface area contributed by atoms with Crippen LogP contribution in [0.5, 0.6) is 0 Å². The smallest absolute Gasteiger partial charge is 0.240 e. The molecule has 6 nitrogen and oxygen atoms in total. The van der Waals surface area contributed by atoms with Crippen LogP contribution in [0.3, 0.4) is 0 Å². The number of halogens is 1. The number of aliphatic hydroxyl groups is 1. The van der Waals surface area contributed by atoms with Gasteiger partial charge < -0.3 is 15.6 Å². The highest BCUT2D eigenvalue weighted by Gasteiger charge is 2.33. The van der Waals surface area contributed by atoms with Gasteiger partial charge in [0.25, 0.3) is 0 Å². The molecule has 1 saturated heterocycles. The maximum Gasteiger partial charge on any atom is 0.240 e. The number of nitrogen functional groups attached to an aromatic ring is 1. The highest BCUT2D eigenvalue weighted by atomic mass is 32.2. The van der Waals surface area contributed by atoms with Crippen LogP contribution < -0.4 is 10.5 Å². The molecule has 19 heavy (non-hydrogen) atoms. The maximum absolute atomic E-state index is 13.1. The van der Waals surface area contributed by atoms with E-state index in [1.807, 2.05) is 0 Å². The largest absolute Gasteiger partial charge is 0.399 e. The highest BCUT2D eigenvalue weighted by molar-refractivity contribution is 7.89. The van der Waals surface area contributed by atoms with E-state index >= 15 is 0 Å². The lowest BCUT2D eigenvalue weighted by atomic mass is 10.1. The van der Waals surface area contributed by atoms with Crippen molar-refractivity contribution in [1.29, 1.82) is 0 Å². The van der Waals surface area contributed by atoms with Crippen molar-refractivity contribution in [2.45, 2.75) is 16.9 Å². The van der Waals surface area contributed by atoms with Gasteiger partial charge in [0.2, 0.25) is 10.0 Å². The molecular weight excluding hydrogens is 275 g/mol. The molecule has 4 N–H and O–H groups in total. The fourth-order valence-corrected chi connectivity index (χ4v) is 2.97. The van der Waals surface area contributed by atoms with Crippen molar-refractivity contribution in [3.63, 3.8) is 0 Å². The normalized spacial score (nSPS) is 23.7. The zero-order valence-corrected chi connectivity index (χ0v) is 10.9. The Kier molecular flexibility index (Phi) is 3.77. The summed E-state index contributed by atoms with van der Waals surface area (Å²) in [5.41, 5.74) is 4.20. The molecule has 106 valence electrons. The van der Waals surface area contributed by atoms with Gasteiger partial charge in [-0.3, -0.25) is 0 Å². The highest BCUT2D eigenvalue weighted by Crippen LogP contribution is 2.19. The van der Waals surface area contributed by atoms with Crippen molar-refractivity contribution >= 4 is 15.7 Å². The van der Waals surface area contributed by atoms with Gasteiger partial charge in [-0.25, -0.2) is 17.5 Å². The van der Waals surface area contributed by atoms with Crippen LogP contribution >= 0.6 is 0 Å². The van der Waals surface area contributed by atoms with Crippen molar-refractivity contribution < 1.29 is 22.7 Å². The second kappa shape index (κ2) is 5.04. The summed E-state index contributed by atoms with van der Waals surface area (Å²) in [4.78, 5) is -0.271. The summed E-state index contributed by atoms with van der Waals surface area (Å²) >= 11 is 0. The van der Waals surface area contributed by atoms with Gasteiger partial charge >= 0.3 is 0 Å². The van der Waals surface area contributed by atoms with Crippen LogP contribution in [0, 0.1) is 5.82 Å². The molecule has 0 bridgehead atoms. The first-order chi connectivity index (χ1) is 8.81. The third kappa shape index (κ3) is 3.41. The molecule has 0 spiro atoms. The zero-order chi connectivity index (χ0) is 14.1. The monoisotopic (exact) mass is 290 g/mol. The van der Waals surface area contributed by atoms with E-state index in [9.17, 15) is 17.9 Å². The summed E-state index contributed by atoms with van der Waals surface area (Å²) < 4.78 is 44.3. The first-order valence-electron chi connectivity index (χ1n) is 5.67. The van der Waals surface area contributed by atoms with Crippen molar-refractivity contribution in [2.75, 3.05) is 25.5 Å². The average Bonchev–Trinajstić information content (AvgIpc) is 2.73. The van der Waals surface area contributed by atoms with E-state index in [0.29, 0.717) is 13.0 Å².